The molecular formula is C14H20N4O. The van der Waals surface area contributed by atoms with Crippen LogP contribution in [0.4, 0.5) is 5.82 Å². The summed E-state index contributed by atoms with van der Waals surface area (Å²) in [7, 11) is 6.03. The second kappa shape index (κ2) is 7.39. The Labute approximate surface area is 114 Å². The van der Waals surface area contributed by atoms with Gasteiger partial charge in [0.15, 0.2) is 0 Å². The lowest BCUT2D eigenvalue weighted by Gasteiger charge is -2.20. The molecule has 1 heterocycles. The standard InChI is InChI=1S/C14H20N4O/c1-5-8-15-14(19)12-6-7-13(16-11-12)18(4)10-9-17(2)3/h1,6-7,11H,8-10H2,2-4H3,(H,15,19). The maximum atomic E-state index is 11.6. The highest BCUT2D eigenvalue weighted by Crippen LogP contribution is 2.09. The van der Waals surface area contributed by atoms with Gasteiger partial charge in [-0.3, -0.25) is 4.79 Å². The molecule has 1 N–H and O–H groups in total. The maximum Gasteiger partial charge on any atom is 0.253 e. The summed E-state index contributed by atoms with van der Waals surface area (Å²) < 4.78 is 0. The fourth-order valence-corrected chi connectivity index (χ4v) is 1.44. The highest BCUT2D eigenvalue weighted by molar-refractivity contribution is 5.94. The molecule has 102 valence electrons. The Morgan fingerprint density at radius 2 is 2.11 bits per heavy atom. The van der Waals surface area contributed by atoms with Crippen molar-refractivity contribution < 1.29 is 4.79 Å². The summed E-state index contributed by atoms with van der Waals surface area (Å²) in [5.41, 5.74) is 0.514. The minimum absolute atomic E-state index is 0.201. The third-order valence-corrected chi connectivity index (χ3v) is 2.63. The van der Waals surface area contributed by atoms with Crippen LogP contribution in [0.5, 0.6) is 0 Å². The molecule has 1 aromatic heterocycles. The van der Waals surface area contributed by atoms with Crippen LogP contribution in [0.1, 0.15) is 10.4 Å². The van der Waals surface area contributed by atoms with Crippen LogP contribution in [0.25, 0.3) is 0 Å². The number of aromatic nitrogens is 1. The maximum absolute atomic E-state index is 11.6. The number of terminal acetylenes is 1. The van der Waals surface area contributed by atoms with Crippen LogP contribution in [-0.4, -0.2) is 56.6 Å². The van der Waals surface area contributed by atoms with Gasteiger partial charge in [-0.15, -0.1) is 6.42 Å². The topological polar surface area (TPSA) is 48.5 Å². The number of nitrogens with zero attached hydrogens (tertiary/aromatic N) is 3. The Bertz CT molecular complexity index is 448. The first kappa shape index (κ1) is 15.0. The number of likely N-dealkylation sites (N-methyl/N-ethyl adjacent to an activating group) is 2. The molecule has 0 bridgehead atoms. The average Bonchev–Trinajstić information content (AvgIpc) is 2.42. The van der Waals surface area contributed by atoms with E-state index in [1.54, 1.807) is 12.3 Å². The molecule has 5 nitrogen and oxygen atoms in total. The summed E-state index contributed by atoms with van der Waals surface area (Å²) >= 11 is 0. The third kappa shape index (κ3) is 4.98. The zero-order valence-corrected chi connectivity index (χ0v) is 11.7. The summed E-state index contributed by atoms with van der Waals surface area (Å²) in [6.07, 6.45) is 6.65. The Balaban J connectivity index is 2.60. The molecule has 1 rings (SSSR count). The van der Waals surface area contributed by atoms with E-state index in [1.165, 1.54) is 0 Å². The zero-order valence-electron chi connectivity index (χ0n) is 11.7. The fraction of sp³-hybridized carbons (Fsp3) is 0.429. The number of hydrogen-bond donors (Lipinski definition) is 1. The number of carbonyl (C=O) groups excluding carboxylic acids is 1. The Hall–Kier alpha value is -2.06. The lowest BCUT2D eigenvalue weighted by atomic mass is 10.2. The Morgan fingerprint density at radius 1 is 1.37 bits per heavy atom. The lowest BCUT2D eigenvalue weighted by molar-refractivity contribution is 0.0958. The fourth-order valence-electron chi connectivity index (χ4n) is 1.44. The van der Waals surface area contributed by atoms with Gasteiger partial charge < -0.3 is 15.1 Å². The molecule has 0 aromatic carbocycles. The number of hydrogen-bond acceptors (Lipinski definition) is 4. The van der Waals surface area contributed by atoms with Crippen LogP contribution in [0.15, 0.2) is 18.3 Å². The largest absolute Gasteiger partial charge is 0.358 e. The van der Waals surface area contributed by atoms with Crippen LogP contribution < -0.4 is 10.2 Å². The number of carbonyl (C=O) groups is 1. The van der Waals surface area contributed by atoms with E-state index in [1.807, 2.05) is 32.1 Å². The minimum atomic E-state index is -0.201. The van der Waals surface area contributed by atoms with E-state index in [-0.39, 0.29) is 12.5 Å². The quantitative estimate of drug-likeness (QED) is 0.754. The van der Waals surface area contributed by atoms with Gasteiger partial charge in [0.2, 0.25) is 0 Å². The molecule has 0 unspecified atom stereocenters. The number of rotatable bonds is 6. The van der Waals surface area contributed by atoms with E-state index in [9.17, 15) is 4.79 Å². The van der Waals surface area contributed by atoms with Crippen LogP contribution in [0.2, 0.25) is 0 Å². The molecule has 0 atom stereocenters. The number of anilines is 1. The van der Waals surface area contributed by atoms with Gasteiger partial charge in [-0.05, 0) is 26.2 Å². The van der Waals surface area contributed by atoms with Crippen molar-refractivity contribution in [1.82, 2.24) is 15.2 Å². The molecule has 0 radical (unpaired) electrons. The third-order valence-electron chi connectivity index (χ3n) is 2.63. The molecule has 0 saturated carbocycles. The van der Waals surface area contributed by atoms with Gasteiger partial charge in [0.05, 0.1) is 12.1 Å². The van der Waals surface area contributed by atoms with Gasteiger partial charge in [-0.2, -0.15) is 0 Å². The molecule has 1 amide bonds. The van der Waals surface area contributed by atoms with Gasteiger partial charge in [0.25, 0.3) is 5.91 Å². The number of pyridine rings is 1. The van der Waals surface area contributed by atoms with E-state index in [2.05, 4.69) is 21.1 Å². The van der Waals surface area contributed by atoms with E-state index in [4.69, 9.17) is 6.42 Å². The van der Waals surface area contributed by atoms with Gasteiger partial charge in [0.1, 0.15) is 5.82 Å². The van der Waals surface area contributed by atoms with Crippen molar-refractivity contribution in [2.24, 2.45) is 0 Å². The Morgan fingerprint density at radius 3 is 2.63 bits per heavy atom. The molecular weight excluding hydrogens is 240 g/mol. The zero-order chi connectivity index (χ0) is 14.3. The summed E-state index contributed by atoms with van der Waals surface area (Å²) in [6, 6.07) is 3.58. The molecule has 0 aliphatic carbocycles. The van der Waals surface area contributed by atoms with Gasteiger partial charge in [0, 0.05) is 26.3 Å². The van der Waals surface area contributed by atoms with Crippen molar-refractivity contribution in [3.63, 3.8) is 0 Å². The van der Waals surface area contributed by atoms with Crippen LogP contribution in [-0.2, 0) is 0 Å². The van der Waals surface area contributed by atoms with Gasteiger partial charge in [-0.1, -0.05) is 5.92 Å². The van der Waals surface area contributed by atoms with Crippen LogP contribution in [0.3, 0.4) is 0 Å². The predicted molar refractivity (Wildman–Crippen MR) is 77.2 cm³/mol. The Kier molecular flexibility index (Phi) is 5.83. The summed E-state index contributed by atoms with van der Waals surface area (Å²) in [5.74, 6) is 3.00. The molecule has 19 heavy (non-hydrogen) atoms. The first-order valence-corrected chi connectivity index (χ1v) is 6.08. The minimum Gasteiger partial charge on any atom is -0.358 e. The smallest absolute Gasteiger partial charge is 0.253 e. The molecule has 0 aliphatic rings. The van der Waals surface area contributed by atoms with Gasteiger partial charge >= 0.3 is 0 Å². The van der Waals surface area contributed by atoms with Crippen molar-refractivity contribution in [2.45, 2.75) is 0 Å². The normalized spacial score (nSPS) is 10.1. The highest BCUT2D eigenvalue weighted by Gasteiger charge is 2.07. The first-order chi connectivity index (χ1) is 9.04. The summed E-state index contributed by atoms with van der Waals surface area (Å²) in [6.45, 7) is 2.05. The van der Waals surface area contributed by atoms with Crippen molar-refractivity contribution in [2.75, 3.05) is 45.7 Å². The van der Waals surface area contributed by atoms with Crippen LogP contribution in [0, 0.1) is 12.3 Å². The summed E-state index contributed by atoms with van der Waals surface area (Å²) in [4.78, 5) is 20.1. The monoisotopic (exact) mass is 260 g/mol. The van der Waals surface area contributed by atoms with Crippen LogP contribution >= 0.6 is 0 Å². The van der Waals surface area contributed by atoms with Crippen molar-refractivity contribution in [3.05, 3.63) is 23.9 Å². The first-order valence-electron chi connectivity index (χ1n) is 6.08. The van der Waals surface area contributed by atoms with Crippen molar-refractivity contribution in [3.8, 4) is 12.3 Å². The van der Waals surface area contributed by atoms with E-state index < -0.39 is 0 Å². The van der Waals surface area contributed by atoms with Crippen molar-refractivity contribution in [1.29, 1.82) is 0 Å². The molecule has 5 heteroatoms. The predicted octanol–water partition coefficient (Wildman–Crippen LogP) is 0.442. The molecule has 0 saturated heterocycles. The second-order valence-corrected chi connectivity index (χ2v) is 4.52. The second-order valence-electron chi connectivity index (χ2n) is 4.52. The van der Waals surface area contributed by atoms with E-state index in [0.717, 1.165) is 18.9 Å². The van der Waals surface area contributed by atoms with Gasteiger partial charge in [-0.25, -0.2) is 4.98 Å². The lowest BCUT2D eigenvalue weighted by Crippen LogP contribution is -2.29. The average molecular weight is 260 g/mol. The number of amides is 1. The SMILES string of the molecule is C#CCNC(=O)c1ccc(N(C)CCN(C)C)nc1. The molecule has 0 fully saturated rings. The van der Waals surface area contributed by atoms with E-state index in [0.29, 0.717) is 5.56 Å². The van der Waals surface area contributed by atoms with E-state index >= 15 is 0 Å². The highest BCUT2D eigenvalue weighted by atomic mass is 16.1. The molecule has 0 aliphatic heterocycles. The number of nitrogens with one attached hydrogen (secondary N) is 1. The molecule has 1 aromatic rings. The van der Waals surface area contributed by atoms with Crippen molar-refractivity contribution >= 4 is 11.7 Å². The molecule has 0 spiro atoms. The summed E-state index contributed by atoms with van der Waals surface area (Å²) in [5, 5.41) is 2.60.